The molecule has 2 N–H and O–H groups in total. The average Bonchev–Trinajstić information content (AvgIpc) is 2.81. The molecule has 0 spiro atoms. The first-order valence-corrected chi connectivity index (χ1v) is 7.30. The van der Waals surface area contributed by atoms with Crippen molar-refractivity contribution in [3.05, 3.63) is 51.5 Å². The summed E-state index contributed by atoms with van der Waals surface area (Å²) in [7, 11) is 0. The maximum Gasteiger partial charge on any atom is 0.0935 e. The van der Waals surface area contributed by atoms with Crippen LogP contribution in [-0.2, 0) is 19.3 Å². The average molecular weight is 260 g/mol. The van der Waals surface area contributed by atoms with Crippen LogP contribution in [0.15, 0.2) is 30.3 Å². The number of aromatic nitrogens is 1. The summed E-state index contributed by atoms with van der Waals surface area (Å²) in [6, 6.07) is 10.7. The number of rotatable bonds is 5. The Morgan fingerprint density at radius 1 is 1.22 bits per heavy atom. The largest absolute Gasteiger partial charge is 0.323 e. The van der Waals surface area contributed by atoms with E-state index in [4.69, 9.17) is 10.7 Å². The fourth-order valence-electron chi connectivity index (χ4n) is 2.03. The third kappa shape index (κ3) is 3.18. The lowest BCUT2D eigenvalue weighted by atomic mass is 10.1. The molecule has 0 saturated heterocycles. The molecule has 0 bridgehead atoms. The van der Waals surface area contributed by atoms with Crippen LogP contribution < -0.4 is 5.73 Å². The highest BCUT2D eigenvalue weighted by Gasteiger charge is 2.12. The van der Waals surface area contributed by atoms with E-state index in [-0.39, 0.29) is 6.04 Å². The first kappa shape index (κ1) is 13.2. The molecule has 2 nitrogen and oxygen atoms in total. The molecule has 0 amide bonds. The Bertz CT molecular complexity index is 488. The lowest BCUT2D eigenvalue weighted by molar-refractivity contribution is 0.811. The second kappa shape index (κ2) is 6.12. The molecule has 96 valence electrons. The Morgan fingerprint density at radius 2 is 1.94 bits per heavy atom. The zero-order valence-electron chi connectivity index (χ0n) is 11.0. The van der Waals surface area contributed by atoms with Gasteiger partial charge in [0.15, 0.2) is 0 Å². The van der Waals surface area contributed by atoms with Gasteiger partial charge in [0.2, 0.25) is 0 Å². The Morgan fingerprint density at radius 3 is 2.50 bits per heavy atom. The van der Waals surface area contributed by atoms with Gasteiger partial charge in [0.05, 0.1) is 10.7 Å². The van der Waals surface area contributed by atoms with Crippen LogP contribution in [0.25, 0.3) is 0 Å². The lowest BCUT2D eigenvalue weighted by Crippen LogP contribution is -2.05. The van der Waals surface area contributed by atoms with Crippen LogP contribution in [0.4, 0.5) is 0 Å². The summed E-state index contributed by atoms with van der Waals surface area (Å²) in [6.45, 7) is 4.18. The fraction of sp³-hybridized carbons (Fsp3) is 0.400. The maximum absolute atomic E-state index is 5.98. The van der Waals surface area contributed by atoms with E-state index in [1.54, 1.807) is 11.3 Å². The maximum atomic E-state index is 5.98. The van der Waals surface area contributed by atoms with Crippen molar-refractivity contribution in [1.82, 2.24) is 4.98 Å². The van der Waals surface area contributed by atoms with Crippen molar-refractivity contribution in [1.29, 1.82) is 0 Å². The summed E-state index contributed by atoms with van der Waals surface area (Å²) < 4.78 is 0. The third-order valence-electron chi connectivity index (χ3n) is 2.99. The molecule has 0 fully saturated rings. The molecule has 0 aliphatic carbocycles. The first-order valence-electron chi connectivity index (χ1n) is 6.48. The smallest absolute Gasteiger partial charge is 0.0935 e. The minimum absolute atomic E-state index is 0.0999. The zero-order valence-corrected chi connectivity index (χ0v) is 11.8. The fourth-order valence-corrected chi connectivity index (χ4v) is 3.13. The molecule has 1 unspecified atom stereocenters. The van der Waals surface area contributed by atoms with E-state index in [9.17, 15) is 0 Å². The molecular formula is C15H20N2S. The monoisotopic (exact) mass is 260 g/mol. The third-order valence-corrected chi connectivity index (χ3v) is 4.35. The van der Waals surface area contributed by atoms with E-state index >= 15 is 0 Å². The predicted octanol–water partition coefficient (Wildman–Crippen LogP) is 3.51. The SMILES string of the molecule is CCc1nc(CCc2ccccc2)sc1C(C)N. The zero-order chi connectivity index (χ0) is 13.0. The van der Waals surface area contributed by atoms with Gasteiger partial charge >= 0.3 is 0 Å². The Balaban J connectivity index is 2.06. The molecule has 1 atom stereocenters. The summed E-state index contributed by atoms with van der Waals surface area (Å²) in [5.41, 5.74) is 8.53. The second-order valence-electron chi connectivity index (χ2n) is 4.55. The van der Waals surface area contributed by atoms with Crippen molar-refractivity contribution >= 4 is 11.3 Å². The summed E-state index contributed by atoms with van der Waals surface area (Å²) >= 11 is 1.78. The molecule has 1 aromatic carbocycles. The van der Waals surface area contributed by atoms with Gasteiger partial charge in [-0.1, -0.05) is 37.3 Å². The van der Waals surface area contributed by atoms with Crippen LogP contribution in [0.2, 0.25) is 0 Å². The van der Waals surface area contributed by atoms with E-state index in [0.717, 1.165) is 19.3 Å². The van der Waals surface area contributed by atoms with Gasteiger partial charge in [-0.05, 0) is 25.3 Å². The molecule has 0 radical (unpaired) electrons. The lowest BCUT2D eigenvalue weighted by Gasteiger charge is -2.01. The number of hydrogen-bond donors (Lipinski definition) is 1. The van der Waals surface area contributed by atoms with Crippen LogP contribution in [0.1, 0.15) is 41.0 Å². The van der Waals surface area contributed by atoms with Gasteiger partial charge < -0.3 is 5.73 Å². The summed E-state index contributed by atoms with van der Waals surface area (Å²) in [6.07, 6.45) is 3.03. The quantitative estimate of drug-likeness (QED) is 0.893. The minimum Gasteiger partial charge on any atom is -0.323 e. The minimum atomic E-state index is 0.0999. The number of nitrogens with two attached hydrogens (primary N) is 1. The van der Waals surface area contributed by atoms with E-state index in [2.05, 4.69) is 37.3 Å². The number of aryl methyl sites for hydroxylation is 3. The highest BCUT2D eigenvalue weighted by atomic mass is 32.1. The van der Waals surface area contributed by atoms with E-state index in [1.807, 2.05) is 6.92 Å². The van der Waals surface area contributed by atoms with Crippen LogP contribution in [-0.4, -0.2) is 4.98 Å². The Labute approximate surface area is 113 Å². The van der Waals surface area contributed by atoms with E-state index < -0.39 is 0 Å². The van der Waals surface area contributed by atoms with Crippen molar-refractivity contribution in [2.24, 2.45) is 5.73 Å². The van der Waals surface area contributed by atoms with Gasteiger partial charge in [-0.2, -0.15) is 0 Å². The first-order chi connectivity index (χ1) is 8.70. The molecule has 2 rings (SSSR count). The Hall–Kier alpha value is -1.19. The van der Waals surface area contributed by atoms with Gasteiger partial charge in [0.25, 0.3) is 0 Å². The molecule has 3 heteroatoms. The van der Waals surface area contributed by atoms with Crippen molar-refractivity contribution in [3.63, 3.8) is 0 Å². The number of benzene rings is 1. The normalized spacial score (nSPS) is 12.6. The predicted molar refractivity (Wildman–Crippen MR) is 77.9 cm³/mol. The molecule has 1 heterocycles. The van der Waals surface area contributed by atoms with Crippen LogP contribution in [0, 0.1) is 0 Å². The van der Waals surface area contributed by atoms with Gasteiger partial charge in [0.1, 0.15) is 0 Å². The molecule has 0 saturated carbocycles. The van der Waals surface area contributed by atoms with E-state index in [1.165, 1.54) is 21.1 Å². The number of hydrogen-bond acceptors (Lipinski definition) is 3. The second-order valence-corrected chi connectivity index (χ2v) is 5.66. The van der Waals surface area contributed by atoms with Crippen LogP contribution in [0.3, 0.4) is 0 Å². The number of nitrogens with zero attached hydrogens (tertiary/aromatic N) is 1. The van der Waals surface area contributed by atoms with Gasteiger partial charge in [-0.15, -0.1) is 11.3 Å². The molecule has 0 aliphatic heterocycles. The molecule has 18 heavy (non-hydrogen) atoms. The highest BCUT2D eigenvalue weighted by molar-refractivity contribution is 7.11. The molecule has 1 aromatic heterocycles. The van der Waals surface area contributed by atoms with E-state index in [0.29, 0.717) is 0 Å². The van der Waals surface area contributed by atoms with Crippen molar-refractivity contribution in [2.45, 2.75) is 39.2 Å². The van der Waals surface area contributed by atoms with Gasteiger partial charge in [-0.25, -0.2) is 4.98 Å². The summed E-state index contributed by atoms with van der Waals surface area (Å²) in [5.74, 6) is 0. The molecule has 0 aliphatic rings. The van der Waals surface area contributed by atoms with Crippen molar-refractivity contribution in [3.8, 4) is 0 Å². The standard InChI is InChI=1S/C15H20N2S/c1-3-13-15(11(2)16)18-14(17-13)10-9-12-7-5-4-6-8-12/h4-8,11H,3,9-10,16H2,1-2H3. The summed E-state index contributed by atoms with van der Waals surface area (Å²) in [4.78, 5) is 5.95. The van der Waals surface area contributed by atoms with Gasteiger partial charge in [0, 0.05) is 17.3 Å². The highest BCUT2D eigenvalue weighted by Crippen LogP contribution is 2.25. The summed E-state index contributed by atoms with van der Waals surface area (Å²) in [5, 5.41) is 1.21. The molecule has 2 aromatic rings. The van der Waals surface area contributed by atoms with Crippen molar-refractivity contribution < 1.29 is 0 Å². The van der Waals surface area contributed by atoms with Crippen LogP contribution >= 0.6 is 11.3 Å². The topological polar surface area (TPSA) is 38.9 Å². The van der Waals surface area contributed by atoms with Gasteiger partial charge in [-0.3, -0.25) is 0 Å². The number of thiazole rings is 1. The Kier molecular flexibility index (Phi) is 4.50. The van der Waals surface area contributed by atoms with Crippen LogP contribution in [0.5, 0.6) is 0 Å². The van der Waals surface area contributed by atoms with Crippen molar-refractivity contribution in [2.75, 3.05) is 0 Å². The molecular weight excluding hydrogens is 240 g/mol.